The Bertz CT molecular complexity index is 852. The third-order valence-corrected chi connectivity index (χ3v) is 3.03. The zero-order chi connectivity index (χ0) is 13.4. The fourth-order valence-electron chi connectivity index (χ4n) is 2.10. The second kappa shape index (κ2) is 4.27. The van der Waals surface area contributed by atoms with Gasteiger partial charge in [0.25, 0.3) is 5.89 Å². The van der Waals surface area contributed by atoms with E-state index in [1.165, 1.54) is 6.33 Å². The molecule has 4 aromatic rings. The highest BCUT2D eigenvalue weighted by molar-refractivity contribution is 5.77. The molecule has 3 aromatic heterocycles. The maximum atomic E-state index is 5.04. The van der Waals surface area contributed by atoms with Gasteiger partial charge in [0.05, 0.1) is 6.20 Å². The van der Waals surface area contributed by atoms with Crippen LogP contribution in [0.1, 0.15) is 0 Å². The van der Waals surface area contributed by atoms with Gasteiger partial charge >= 0.3 is 0 Å². The summed E-state index contributed by atoms with van der Waals surface area (Å²) in [7, 11) is 0. The number of hydrogen-bond donors (Lipinski definition) is 0. The second-order valence-corrected chi connectivity index (χ2v) is 4.25. The highest BCUT2D eigenvalue weighted by Gasteiger charge is 2.11. The van der Waals surface area contributed by atoms with Gasteiger partial charge in [0.1, 0.15) is 5.69 Å². The lowest BCUT2D eigenvalue weighted by Gasteiger charge is -2.00. The average molecular weight is 263 g/mol. The van der Waals surface area contributed by atoms with Crippen molar-refractivity contribution in [2.24, 2.45) is 0 Å². The van der Waals surface area contributed by atoms with Gasteiger partial charge in [0.15, 0.2) is 12.0 Å². The molecule has 0 spiro atoms. The van der Waals surface area contributed by atoms with E-state index in [4.69, 9.17) is 4.52 Å². The Kier molecular flexibility index (Phi) is 2.32. The van der Waals surface area contributed by atoms with Crippen LogP contribution in [0.15, 0.2) is 59.6 Å². The quantitative estimate of drug-likeness (QED) is 0.555. The van der Waals surface area contributed by atoms with E-state index in [9.17, 15) is 0 Å². The fraction of sp³-hybridized carbons (Fsp3) is 0. The lowest BCUT2D eigenvalue weighted by atomic mass is 10.1. The lowest BCUT2D eigenvalue weighted by molar-refractivity contribution is 0.429. The Morgan fingerprint density at radius 1 is 1.05 bits per heavy atom. The van der Waals surface area contributed by atoms with Crippen molar-refractivity contribution in [2.75, 3.05) is 0 Å². The van der Waals surface area contributed by atoms with Crippen molar-refractivity contribution in [2.45, 2.75) is 0 Å². The first-order valence-corrected chi connectivity index (χ1v) is 6.09. The van der Waals surface area contributed by atoms with Crippen LogP contribution in [0.4, 0.5) is 0 Å². The Morgan fingerprint density at radius 2 is 1.95 bits per heavy atom. The van der Waals surface area contributed by atoms with Crippen LogP contribution in [0.25, 0.3) is 28.4 Å². The van der Waals surface area contributed by atoms with Crippen molar-refractivity contribution in [3.05, 3.63) is 55.1 Å². The highest BCUT2D eigenvalue weighted by atomic mass is 16.5. The maximum absolute atomic E-state index is 5.04. The number of nitrogens with zero attached hydrogens (tertiary/aromatic N) is 5. The smallest absolute Gasteiger partial charge is 0.276 e. The van der Waals surface area contributed by atoms with Gasteiger partial charge in [-0.1, -0.05) is 35.5 Å². The number of hydrogen-bond acceptors (Lipinski definition) is 5. The zero-order valence-corrected chi connectivity index (χ0v) is 10.3. The molecule has 0 bridgehead atoms. The molecule has 0 unspecified atom stereocenters. The van der Waals surface area contributed by atoms with E-state index in [2.05, 4.69) is 20.2 Å². The van der Waals surface area contributed by atoms with Crippen molar-refractivity contribution in [3.8, 4) is 22.7 Å². The van der Waals surface area contributed by atoms with Gasteiger partial charge in [-0.25, -0.2) is 9.50 Å². The van der Waals surface area contributed by atoms with Gasteiger partial charge < -0.3 is 4.52 Å². The van der Waals surface area contributed by atoms with E-state index in [0.717, 1.165) is 16.8 Å². The molecule has 0 aliphatic carbocycles. The average Bonchev–Trinajstić information content (AvgIpc) is 3.17. The molecular formula is C14H9N5O. The largest absolute Gasteiger partial charge is 0.333 e. The van der Waals surface area contributed by atoms with Crippen LogP contribution in [0, 0.1) is 0 Å². The van der Waals surface area contributed by atoms with Gasteiger partial charge in [0.2, 0.25) is 0 Å². The first kappa shape index (κ1) is 10.9. The van der Waals surface area contributed by atoms with E-state index in [-0.39, 0.29) is 0 Å². The molecule has 0 fully saturated rings. The van der Waals surface area contributed by atoms with E-state index in [1.807, 2.05) is 36.5 Å². The predicted molar refractivity (Wildman–Crippen MR) is 71.7 cm³/mol. The van der Waals surface area contributed by atoms with E-state index >= 15 is 0 Å². The summed E-state index contributed by atoms with van der Waals surface area (Å²) in [5.74, 6) is 0.396. The van der Waals surface area contributed by atoms with Crippen molar-refractivity contribution < 1.29 is 4.52 Å². The molecule has 0 atom stereocenters. The second-order valence-electron chi connectivity index (χ2n) is 4.25. The van der Waals surface area contributed by atoms with Gasteiger partial charge in [-0.05, 0) is 11.6 Å². The molecule has 20 heavy (non-hydrogen) atoms. The minimum Gasteiger partial charge on any atom is -0.333 e. The Balaban J connectivity index is 1.93. The van der Waals surface area contributed by atoms with Crippen LogP contribution >= 0.6 is 0 Å². The highest BCUT2D eigenvalue weighted by Crippen LogP contribution is 2.24. The maximum Gasteiger partial charge on any atom is 0.276 e. The SMILES string of the molecule is c1ccc(-c2cnn3ccc(-c4ncno4)nc23)cc1. The zero-order valence-electron chi connectivity index (χ0n) is 10.3. The topological polar surface area (TPSA) is 69.1 Å². The van der Waals surface area contributed by atoms with Gasteiger partial charge in [-0.15, -0.1) is 0 Å². The molecule has 3 heterocycles. The predicted octanol–water partition coefficient (Wildman–Crippen LogP) is 2.45. The summed E-state index contributed by atoms with van der Waals surface area (Å²) in [6, 6.07) is 11.8. The summed E-state index contributed by atoms with van der Waals surface area (Å²) in [4.78, 5) is 8.57. The van der Waals surface area contributed by atoms with Crippen molar-refractivity contribution in [1.29, 1.82) is 0 Å². The van der Waals surface area contributed by atoms with Crippen molar-refractivity contribution in [1.82, 2.24) is 24.7 Å². The van der Waals surface area contributed by atoms with Crippen LogP contribution in [-0.2, 0) is 0 Å². The molecule has 0 saturated heterocycles. The third-order valence-electron chi connectivity index (χ3n) is 3.03. The summed E-state index contributed by atoms with van der Waals surface area (Å²) in [5, 5.41) is 7.90. The summed E-state index contributed by atoms with van der Waals surface area (Å²) in [6.07, 6.45) is 4.99. The molecule has 0 saturated carbocycles. The monoisotopic (exact) mass is 263 g/mol. The molecule has 6 nitrogen and oxygen atoms in total. The minimum atomic E-state index is 0.396. The number of rotatable bonds is 2. The molecule has 0 aliphatic rings. The molecule has 96 valence electrons. The van der Waals surface area contributed by atoms with Gasteiger partial charge in [0, 0.05) is 11.8 Å². The standard InChI is InChI=1S/C14H9N5O/c1-2-4-10(5-3-1)11-8-16-19-7-6-12(18-13(11)19)14-15-9-17-20-14/h1-9H. The molecule has 0 amide bonds. The Hall–Kier alpha value is -3.02. The number of aromatic nitrogens is 5. The van der Waals surface area contributed by atoms with Gasteiger partial charge in [-0.2, -0.15) is 10.1 Å². The van der Waals surface area contributed by atoms with Crippen LogP contribution in [0.2, 0.25) is 0 Å². The third kappa shape index (κ3) is 1.66. The van der Waals surface area contributed by atoms with Crippen LogP contribution in [0.5, 0.6) is 0 Å². The van der Waals surface area contributed by atoms with Crippen LogP contribution in [-0.4, -0.2) is 24.7 Å². The first-order chi connectivity index (χ1) is 9.92. The minimum absolute atomic E-state index is 0.396. The normalized spacial score (nSPS) is 11.0. The lowest BCUT2D eigenvalue weighted by Crippen LogP contribution is -1.92. The van der Waals surface area contributed by atoms with Gasteiger partial charge in [-0.3, -0.25) is 0 Å². The summed E-state index contributed by atoms with van der Waals surface area (Å²) >= 11 is 0. The Morgan fingerprint density at radius 3 is 2.75 bits per heavy atom. The molecular weight excluding hydrogens is 254 g/mol. The molecule has 0 aliphatic heterocycles. The Labute approximate surface area is 113 Å². The van der Waals surface area contributed by atoms with Crippen molar-refractivity contribution >= 4 is 5.65 Å². The first-order valence-electron chi connectivity index (χ1n) is 6.09. The summed E-state index contributed by atoms with van der Waals surface area (Å²) in [6.45, 7) is 0. The number of fused-ring (bicyclic) bond motifs is 1. The van der Waals surface area contributed by atoms with Crippen LogP contribution < -0.4 is 0 Å². The van der Waals surface area contributed by atoms with E-state index < -0.39 is 0 Å². The number of benzene rings is 1. The molecule has 6 heteroatoms. The summed E-state index contributed by atoms with van der Waals surface area (Å²) in [5.41, 5.74) is 3.42. The molecule has 0 radical (unpaired) electrons. The fourth-order valence-corrected chi connectivity index (χ4v) is 2.10. The molecule has 1 aromatic carbocycles. The van der Waals surface area contributed by atoms with Crippen LogP contribution in [0.3, 0.4) is 0 Å². The molecule has 0 N–H and O–H groups in total. The van der Waals surface area contributed by atoms with E-state index in [1.54, 1.807) is 16.8 Å². The summed E-state index contributed by atoms with van der Waals surface area (Å²) < 4.78 is 6.76. The molecule has 4 rings (SSSR count). The van der Waals surface area contributed by atoms with Crippen molar-refractivity contribution in [3.63, 3.8) is 0 Å². The van der Waals surface area contributed by atoms with E-state index in [0.29, 0.717) is 11.6 Å².